The molecule has 0 aliphatic rings. The van der Waals surface area contributed by atoms with E-state index in [4.69, 9.17) is 23.2 Å². The van der Waals surface area contributed by atoms with Gasteiger partial charge < -0.3 is 5.32 Å². The van der Waals surface area contributed by atoms with E-state index in [1.807, 2.05) is 0 Å². The van der Waals surface area contributed by atoms with Crippen molar-refractivity contribution in [3.8, 4) is 0 Å². The van der Waals surface area contributed by atoms with Crippen molar-refractivity contribution < 1.29 is 17.6 Å². The maximum Gasteiger partial charge on any atom is 0.401 e. The minimum absolute atomic E-state index is 0.123. The summed E-state index contributed by atoms with van der Waals surface area (Å²) < 4.78 is 49.2. The minimum atomic E-state index is -4.35. The smallest absolute Gasteiger partial charge is 0.302 e. The summed E-state index contributed by atoms with van der Waals surface area (Å²) in [4.78, 5) is 0. The van der Waals surface area contributed by atoms with Crippen molar-refractivity contribution in [1.82, 2.24) is 5.32 Å². The lowest BCUT2D eigenvalue weighted by Crippen LogP contribution is -2.31. The fourth-order valence-corrected chi connectivity index (χ4v) is 2.01. The van der Waals surface area contributed by atoms with E-state index in [2.05, 4.69) is 5.32 Å². The zero-order chi connectivity index (χ0) is 13.2. The van der Waals surface area contributed by atoms with Crippen LogP contribution in [-0.4, -0.2) is 12.7 Å². The number of benzene rings is 1. The average Bonchev–Trinajstić information content (AvgIpc) is 2.20. The van der Waals surface area contributed by atoms with E-state index in [1.54, 1.807) is 0 Å². The van der Waals surface area contributed by atoms with Gasteiger partial charge >= 0.3 is 6.18 Å². The Morgan fingerprint density at radius 2 is 1.88 bits per heavy atom. The molecule has 1 nitrogen and oxygen atoms in total. The zero-order valence-corrected chi connectivity index (χ0v) is 10.2. The monoisotopic (exact) mass is 289 g/mol. The molecular weight excluding hydrogens is 281 g/mol. The predicted octanol–water partition coefficient (Wildman–Crippen LogP) is 4.35. The van der Waals surface area contributed by atoms with Crippen LogP contribution in [0.1, 0.15) is 18.5 Å². The molecule has 0 fully saturated rings. The summed E-state index contributed by atoms with van der Waals surface area (Å²) in [6.45, 7) is 0.232. The molecule has 0 saturated carbocycles. The molecule has 0 aliphatic heterocycles. The van der Waals surface area contributed by atoms with Crippen LogP contribution in [0.4, 0.5) is 17.6 Å². The third kappa shape index (κ3) is 4.01. The maximum absolute atomic E-state index is 13.2. The maximum atomic E-state index is 13.2. The minimum Gasteiger partial charge on any atom is -0.302 e. The summed E-state index contributed by atoms with van der Waals surface area (Å²) in [7, 11) is 0. The van der Waals surface area contributed by atoms with E-state index in [-0.39, 0.29) is 15.6 Å². The van der Waals surface area contributed by atoms with Crippen molar-refractivity contribution >= 4 is 23.2 Å². The van der Waals surface area contributed by atoms with Gasteiger partial charge in [-0.1, -0.05) is 23.2 Å². The molecule has 1 aromatic rings. The van der Waals surface area contributed by atoms with Gasteiger partial charge in [0.1, 0.15) is 5.82 Å². The molecule has 1 atom stereocenters. The highest BCUT2D eigenvalue weighted by Crippen LogP contribution is 2.32. The Morgan fingerprint density at radius 1 is 1.29 bits per heavy atom. The molecule has 1 rings (SSSR count). The summed E-state index contributed by atoms with van der Waals surface area (Å²) in [5.74, 6) is -0.716. The average molecular weight is 290 g/mol. The third-order valence-electron chi connectivity index (χ3n) is 2.12. The van der Waals surface area contributed by atoms with Gasteiger partial charge in [0.2, 0.25) is 0 Å². The van der Waals surface area contributed by atoms with Crippen LogP contribution < -0.4 is 5.32 Å². The molecule has 0 aromatic heterocycles. The Labute approximate surface area is 106 Å². The Morgan fingerprint density at radius 3 is 2.41 bits per heavy atom. The van der Waals surface area contributed by atoms with Gasteiger partial charge in [0.05, 0.1) is 11.6 Å². The van der Waals surface area contributed by atoms with Gasteiger partial charge in [-0.15, -0.1) is 0 Å². The molecular formula is C10H9Cl2F4N. The molecule has 7 heteroatoms. The summed E-state index contributed by atoms with van der Waals surface area (Å²) in [5.41, 5.74) is 0.123. The lowest BCUT2D eigenvalue weighted by atomic mass is 10.1. The van der Waals surface area contributed by atoms with Crippen LogP contribution in [0.15, 0.2) is 12.1 Å². The summed E-state index contributed by atoms with van der Waals surface area (Å²) in [5, 5.41) is 2.05. The highest BCUT2D eigenvalue weighted by Gasteiger charge is 2.28. The third-order valence-corrected chi connectivity index (χ3v) is 2.83. The largest absolute Gasteiger partial charge is 0.401 e. The van der Waals surface area contributed by atoms with Crippen LogP contribution in [0.5, 0.6) is 0 Å². The second-order valence-corrected chi connectivity index (χ2v) is 4.26. The van der Waals surface area contributed by atoms with Crippen molar-refractivity contribution in [3.63, 3.8) is 0 Å². The molecule has 96 valence electrons. The Hall–Kier alpha value is -0.520. The van der Waals surface area contributed by atoms with Crippen LogP contribution in [-0.2, 0) is 0 Å². The second kappa shape index (κ2) is 5.42. The van der Waals surface area contributed by atoms with Gasteiger partial charge in [-0.05, 0) is 19.1 Å². The standard InChI is InChI=1S/C10H9Cl2F4N/c1-5(17-4-10(14,15)16)8-6(11)2-3-7(13)9(8)12/h2-3,5,17H,4H2,1H3. The topological polar surface area (TPSA) is 12.0 Å². The van der Waals surface area contributed by atoms with Gasteiger partial charge in [0.25, 0.3) is 0 Å². The first-order valence-electron chi connectivity index (χ1n) is 4.66. The molecule has 0 aliphatic carbocycles. The van der Waals surface area contributed by atoms with Crippen molar-refractivity contribution in [3.05, 3.63) is 33.6 Å². The summed E-state index contributed by atoms with van der Waals surface area (Å²) >= 11 is 11.4. The van der Waals surface area contributed by atoms with Crippen LogP contribution in [0.3, 0.4) is 0 Å². The highest BCUT2D eigenvalue weighted by atomic mass is 35.5. The second-order valence-electron chi connectivity index (χ2n) is 3.47. The summed E-state index contributed by atoms with van der Waals surface area (Å²) in [6.07, 6.45) is -4.35. The number of halogens is 6. The SMILES string of the molecule is CC(NCC(F)(F)F)c1c(Cl)ccc(F)c1Cl. The number of hydrogen-bond acceptors (Lipinski definition) is 1. The Balaban J connectivity index is 2.89. The fraction of sp³-hybridized carbons (Fsp3) is 0.400. The quantitative estimate of drug-likeness (QED) is 0.644. The molecule has 1 N–H and O–H groups in total. The zero-order valence-electron chi connectivity index (χ0n) is 8.71. The van der Waals surface area contributed by atoms with E-state index in [1.165, 1.54) is 13.0 Å². The molecule has 17 heavy (non-hydrogen) atoms. The molecule has 0 radical (unpaired) electrons. The highest BCUT2D eigenvalue weighted by molar-refractivity contribution is 6.36. The number of hydrogen-bond donors (Lipinski definition) is 1. The van der Waals surface area contributed by atoms with Crippen LogP contribution >= 0.6 is 23.2 Å². The number of rotatable bonds is 3. The predicted molar refractivity (Wildman–Crippen MR) is 58.9 cm³/mol. The van der Waals surface area contributed by atoms with E-state index in [0.717, 1.165) is 6.07 Å². The fourth-order valence-electron chi connectivity index (χ4n) is 1.31. The Kier molecular flexibility index (Phi) is 4.63. The van der Waals surface area contributed by atoms with E-state index < -0.39 is 24.6 Å². The normalized spacial score (nSPS) is 13.8. The van der Waals surface area contributed by atoms with Crippen molar-refractivity contribution in [2.24, 2.45) is 0 Å². The van der Waals surface area contributed by atoms with E-state index >= 15 is 0 Å². The lowest BCUT2D eigenvalue weighted by Gasteiger charge is -2.18. The molecule has 0 saturated heterocycles. The van der Waals surface area contributed by atoms with Gasteiger partial charge in [-0.2, -0.15) is 13.2 Å². The Bertz CT molecular complexity index is 406. The molecule has 1 aromatic carbocycles. The van der Waals surface area contributed by atoms with Crippen molar-refractivity contribution in [1.29, 1.82) is 0 Å². The van der Waals surface area contributed by atoms with Gasteiger partial charge in [0, 0.05) is 16.6 Å². The molecule has 0 bridgehead atoms. The van der Waals surface area contributed by atoms with Gasteiger partial charge in [-0.25, -0.2) is 4.39 Å². The van der Waals surface area contributed by atoms with Gasteiger partial charge in [0.15, 0.2) is 0 Å². The molecule has 0 heterocycles. The first-order valence-corrected chi connectivity index (χ1v) is 5.41. The number of alkyl halides is 3. The molecule has 0 spiro atoms. The van der Waals surface area contributed by atoms with Crippen molar-refractivity contribution in [2.75, 3.05) is 6.54 Å². The first kappa shape index (κ1) is 14.5. The number of nitrogens with one attached hydrogen (secondary N) is 1. The van der Waals surface area contributed by atoms with Crippen LogP contribution in [0, 0.1) is 5.82 Å². The van der Waals surface area contributed by atoms with E-state index in [0.29, 0.717) is 0 Å². The molecule has 1 unspecified atom stereocenters. The van der Waals surface area contributed by atoms with Gasteiger partial charge in [-0.3, -0.25) is 0 Å². The summed E-state index contributed by atoms with van der Waals surface area (Å²) in [6, 6.07) is 1.52. The van der Waals surface area contributed by atoms with E-state index in [9.17, 15) is 17.6 Å². The lowest BCUT2D eigenvalue weighted by molar-refractivity contribution is -0.126. The van der Waals surface area contributed by atoms with Crippen LogP contribution in [0.25, 0.3) is 0 Å². The molecule has 0 amide bonds. The first-order chi connectivity index (χ1) is 7.72. The van der Waals surface area contributed by atoms with Crippen LogP contribution in [0.2, 0.25) is 10.0 Å². The van der Waals surface area contributed by atoms with Crippen molar-refractivity contribution in [2.45, 2.75) is 19.1 Å².